The van der Waals surface area contributed by atoms with Crippen LogP contribution in [0.1, 0.15) is 58.8 Å². The largest absolute Gasteiger partial charge is 0.380 e. The van der Waals surface area contributed by atoms with Crippen LogP contribution < -0.4 is 5.32 Å². The van der Waals surface area contributed by atoms with E-state index in [0.717, 1.165) is 31.1 Å². The second-order valence-electron chi connectivity index (χ2n) is 7.79. The lowest BCUT2D eigenvalue weighted by atomic mass is 9.81. The van der Waals surface area contributed by atoms with E-state index in [2.05, 4.69) is 24.1 Å². The van der Waals surface area contributed by atoms with E-state index in [0.29, 0.717) is 12.1 Å². The predicted molar refractivity (Wildman–Crippen MR) is 87.5 cm³/mol. The lowest BCUT2D eigenvalue weighted by molar-refractivity contribution is -0.0322. The lowest BCUT2D eigenvalue weighted by Gasteiger charge is -2.49. The highest BCUT2D eigenvalue weighted by molar-refractivity contribution is 4.94. The molecule has 1 N–H and O–H groups in total. The third-order valence-electron chi connectivity index (χ3n) is 6.02. The molecule has 0 aromatic carbocycles. The maximum Gasteiger partial charge on any atom is 0.0621 e. The molecule has 21 heavy (non-hydrogen) atoms. The van der Waals surface area contributed by atoms with E-state index in [1.165, 1.54) is 58.0 Å². The van der Waals surface area contributed by atoms with Gasteiger partial charge in [-0.1, -0.05) is 33.1 Å². The molecule has 3 nitrogen and oxygen atoms in total. The molecule has 3 fully saturated rings. The third-order valence-corrected chi connectivity index (χ3v) is 6.02. The fourth-order valence-corrected chi connectivity index (χ4v) is 4.69. The minimum atomic E-state index is 0.666. The van der Waals surface area contributed by atoms with E-state index >= 15 is 0 Å². The van der Waals surface area contributed by atoms with Crippen molar-refractivity contribution in [2.24, 2.45) is 11.8 Å². The Morgan fingerprint density at radius 3 is 2.52 bits per heavy atom. The smallest absolute Gasteiger partial charge is 0.0621 e. The molecule has 2 saturated heterocycles. The summed E-state index contributed by atoms with van der Waals surface area (Å²) in [5, 5.41) is 3.91. The van der Waals surface area contributed by atoms with Gasteiger partial charge >= 0.3 is 0 Å². The van der Waals surface area contributed by atoms with Crippen LogP contribution in [0, 0.1) is 11.8 Å². The quantitative estimate of drug-likeness (QED) is 0.866. The Morgan fingerprint density at radius 1 is 1.05 bits per heavy atom. The maximum atomic E-state index is 5.78. The molecular weight excluding hydrogens is 260 g/mol. The van der Waals surface area contributed by atoms with Crippen molar-refractivity contribution in [3.8, 4) is 0 Å². The molecule has 1 saturated carbocycles. The van der Waals surface area contributed by atoms with E-state index in [9.17, 15) is 0 Å². The van der Waals surface area contributed by atoms with Gasteiger partial charge in [0.25, 0.3) is 0 Å². The van der Waals surface area contributed by atoms with Crippen LogP contribution in [-0.4, -0.2) is 49.3 Å². The van der Waals surface area contributed by atoms with Gasteiger partial charge in [0, 0.05) is 37.8 Å². The minimum Gasteiger partial charge on any atom is -0.380 e. The highest BCUT2D eigenvalue weighted by Crippen LogP contribution is 2.31. The summed E-state index contributed by atoms with van der Waals surface area (Å²) in [6.45, 7) is 9.12. The standard InChI is InChI=1S/C18H34N2O/c1-14(2)18-11-19-17(15-7-4-3-5-8-15)12-20(18)16-9-6-10-21-13-16/h14-19H,3-13H2,1-2H3. The Hall–Kier alpha value is -0.120. The number of piperazine rings is 1. The highest BCUT2D eigenvalue weighted by Gasteiger charge is 2.37. The Morgan fingerprint density at radius 2 is 1.86 bits per heavy atom. The summed E-state index contributed by atoms with van der Waals surface area (Å²) in [5.74, 6) is 1.64. The molecule has 3 aliphatic rings. The van der Waals surface area contributed by atoms with Gasteiger partial charge in [0.2, 0.25) is 0 Å². The molecule has 3 heteroatoms. The van der Waals surface area contributed by atoms with Crippen LogP contribution in [0.2, 0.25) is 0 Å². The zero-order valence-corrected chi connectivity index (χ0v) is 14.0. The normalized spacial score (nSPS) is 37.0. The second-order valence-corrected chi connectivity index (χ2v) is 7.79. The fourth-order valence-electron chi connectivity index (χ4n) is 4.69. The summed E-state index contributed by atoms with van der Waals surface area (Å²) in [7, 11) is 0. The van der Waals surface area contributed by atoms with Crippen molar-refractivity contribution < 1.29 is 4.74 Å². The summed E-state index contributed by atoms with van der Waals surface area (Å²) < 4.78 is 5.78. The molecule has 122 valence electrons. The first-order chi connectivity index (χ1) is 10.3. The van der Waals surface area contributed by atoms with Gasteiger partial charge in [0.1, 0.15) is 0 Å². The molecule has 2 aliphatic heterocycles. The monoisotopic (exact) mass is 294 g/mol. The van der Waals surface area contributed by atoms with Crippen molar-refractivity contribution in [1.82, 2.24) is 10.2 Å². The molecule has 0 radical (unpaired) electrons. The van der Waals surface area contributed by atoms with Gasteiger partial charge in [-0.3, -0.25) is 4.90 Å². The molecule has 2 heterocycles. The average Bonchev–Trinajstić information content (AvgIpc) is 2.56. The lowest BCUT2D eigenvalue weighted by Crippen LogP contribution is -2.63. The van der Waals surface area contributed by atoms with Gasteiger partial charge in [0.15, 0.2) is 0 Å². The van der Waals surface area contributed by atoms with E-state index in [1.807, 2.05) is 0 Å². The van der Waals surface area contributed by atoms with E-state index in [1.54, 1.807) is 0 Å². The van der Waals surface area contributed by atoms with E-state index in [4.69, 9.17) is 4.74 Å². The zero-order chi connectivity index (χ0) is 14.7. The van der Waals surface area contributed by atoms with Crippen molar-refractivity contribution in [2.75, 3.05) is 26.3 Å². The Kier molecular flexibility index (Phi) is 5.58. The molecule has 0 aromatic rings. The summed E-state index contributed by atoms with van der Waals surface area (Å²) in [5.41, 5.74) is 0. The van der Waals surface area contributed by atoms with Gasteiger partial charge in [0.05, 0.1) is 6.61 Å². The fraction of sp³-hybridized carbons (Fsp3) is 1.00. The van der Waals surface area contributed by atoms with E-state index in [-0.39, 0.29) is 0 Å². The van der Waals surface area contributed by atoms with Gasteiger partial charge in [-0.25, -0.2) is 0 Å². The Bertz CT molecular complexity index is 308. The van der Waals surface area contributed by atoms with Crippen molar-refractivity contribution in [2.45, 2.75) is 76.9 Å². The predicted octanol–water partition coefficient (Wildman–Crippen LogP) is 3.04. The first-order valence-corrected chi connectivity index (χ1v) is 9.32. The van der Waals surface area contributed by atoms with E-state index < -0.39 is 0 Å². The summed E-state index contributed by atoms with van der Waals surface area (Å²) in [6.07, 6.45) is 9.82. The summed E-state index contributed by atoms with van der Waals surface area (Å²) >= 11 is 0. The zero-order valence-electron chi connectivity index (χ0n) is 14.0. The molecule has 0 amide bonds. The molecule has 0 aromatic heterocycles. The Balaban J connectivity index is 1.65. The number of ether oxygens (including phenoxy) is 1. The number of nitrogens with zero attached hydrogens (tertiary/aromatic N) is 1. The highest BCUT2D eigenvalue weighted by atomic mass is 16.5. The van der Waals surface area contributed by atoms with Crippen LogP contribution in [-0.2, 0) is 4.74 Å². The molecule has 3 unspecified atom stereocenters. The van der Waals surface area contributed by atoms with Crippen LogP contribution in [0.5, 0.6) is 0 Å². The van der Waals surface area contributed by atoms with Gasteiger partial charge in [-0.15, -0.1) is 0 Å². The molecule has 3 atom stereocenters. The molecule has 3 rings (SSSR count). The van der Waals surface area contributed by atoms with Crippen molar-refractivity contribution >= 4 is 0 Å². The average molecular weight is 294 g/mol. The number of hydrogen-bond donors (Lipinski definition) is 1. The minimum absolute atomic E-state index is 0.666. The van der Waals surface area contributed by atoms with Crippen LogP contribution in [0.4, 0.5) is 0 Å². The van der Waals surface area contributed by atoms with Gasteiger partial charge in [-0.05, 0) is 37.5 Å². The van der Waals surface area contributed by atoms with Crippen LogP contribution in [0.3, 0.4) is 0 Å². The molecule has 0 spiro atoms. The topological polar surface area (TPSA) is 24.5 Å². The second kappa shape index (κ2) is 7.43. The first kappa shape index (κ1) is 15.8. The molecule has 1 aliphatic carbocycles. The summed E-state index contributed by atoms with van der Waals surface area (Å²) in [6, 6.07) is 2.08. The third kappa shape index (κ3) is 3.80. The van der Waals surface area contributed by atoms with Crippen molar-refractivity contribution in [1.29, 1.82) is 0 Å². The SMILES string of the molecule is CC(C)C1CNC(C2CCCCC2)CN1C1CCCOC1. The molecule has 0 bridgehead atoms. The first-order valence-electron chi connectivity index (χ1n) is 9.32. The van der Waals surface area contributed by atoms with Gasteiger partial charge < -0.3 is 10.1 Å². The van der Waals surface area contributed by atoms with Gasteiger partial charge in [-0.2, -0.15) is 0 Å². The van der Waals surface area contributed by atoms with Crippen molar-refractivity contribution in [3.05, 3.63) is 0 Å². The van der Waals surface area contributed by atoms with Crippen LogP contribution in [0.25, 0.3) is 0 Å². The number of rotatable bonds is 3. The Labute approximate surface area is 130 Å². The number of hydrogen-bond acceptors (Lipinski definition) is 3. The van der Waals surface area contributed by atoms with Crippen LogP contribution in [0.15, 0.2) is 0 Å². The van der Waals surface area contributed by atoms with Crippen molar-refractivity contribution in [3.63, 3.8) is 0 Å². The van der Waals surface area contributed by atoms with Crippen LogP contribution >= 0.6 is 0 Å². The summed E-state index contributed by atoms with van der Waals surface area (Å²) in [4.78, 5) is 2.82. The number of nitrogens with one attached hydrogen (secondary N) is 1. The maximum absolute atomic E-state index is 5.78. The molecular formula is C18H34N2O.